The molecule has 18 heteroatoms. The molecule has 0 saturated carbocycles. The fraction of sp³-hybridized carbons (Fsp3) is 0.350. The fourth-order valence-electron chi connectivity index (χ4n) is 5.51. The van der Waals surface area contributed by atoms with E-state index in [2.05, 4.69) is 5.32 Å². The summed E-state index contributed by atoms with van der Waals surface area (Å²) < 4.78 is 98.3. The van der Waals surface area contributed by atoms with Gasteiger partial charge < -0.3 is 44.5 Å². The van der Waals surface area contributed by atoms with Crippen LogP contribution >= 0.6 is 24.0 Å². The summed E-state index contributed by atoms with van der Waals surface area (Å²) in [6.45, 7) is 1.36. The maximum atomic E-state index is 13.1. The van der Waals surface area contributed by atoms with Crippen LogP contribution in [0.25, 0.3) is 0 Å². The number of amides is 1. The number of carboxylic acid groups (broad SMARTS) is 1. The van der Waals surface area contributed by atoms with Gasteiger partial charge in [-0.2, -0.15) is 26.3 Å². The molecule has 4 aromatic carbocycles. The zero-order valence-electron chi connectivity index (χ0n) is 30.9. The van der Waals surface area contributed by atoms with Crippen molar-refractivity contribution in [2.75, 3.05) is 39.4 Å². The number of likely N-dealkylation sites (tertiary alicyclic amines) is 1. The molecule has 2 saturated heterocycles. The minimum atomic E-state index is -4.50. The molecule has 0 bridgehead atoms. The van der Waals surface area contributed by atoms with Crippen LogP contribution in [0.2, 0.25) is 0 Å². The highest BCUT2D eigenvalue weighted by Gasteiger charge is 2.36. The molecule has 4 N–H and O–H groups in total. The lowest BCUT2D eigenvalue weighted by Crippen LogP contribution is -2.34. The first-order valence-corrected chi connectivity index (χ1v) is 17.7. The summed E-state index contributed by atoms with van der Waals surface area (Å²) in [5, 5.41) is 29.1. The molecule has 0 spiro atoms. The standard InChI is InChI=1S/C20H20F3NO4.C11H12F3NO.C9H10O4.HI/c21-20(22,23)17-3-1-2-4-18(17)28-16-9-10-24(11-16)19(26)13-27-15-7-5-14(12-25)6-8-15;12-11(13,14)9-3-1-2-4-10(9)16-8-5-6-15-7-8;10-5-7-1-3-8(4-2-7)13-6-9(11)12;/h1-8,16,25H,9-13H2;1-4,8,15H,5-7H2;1-4,10H,5-6H2,(H,11,12);1H/t16-;8-;;/m00../s1. The number of carboxylic acids is 1. The molecular weight excluding hydrogens is 893 g/mol. The first-order valence-electron chi connectivity index (χ1n) is 17.7. The minimum absolute atomic E-state index is 0. The molecule has 2 aliphatic heterocycles. The van der Waals surface area contributed by atoms with Crippen molar-refractivity contribution in [3.05, 3.63) is 119 Å². The van der Waals surface area contributed by atoms with E-state index in [9.17, 15) is 35.9 Å². The third kappa shape index (κ3) is 15.5. The van der Waals surface area contributed by atoms with Crippen LogP contribution in [0.1, 0.15) is 35.1 Å². The summed E-state index contributed by atoms with van der Waals surface area (Å²) in [5.41, 5.74) is -0.0311. The van der Waals surface area contributed by atoms with E-state index in [1.54, 1.807) is 54.6 Å². The smallest absolute Gasteiger partial charge is 0.419 e. The van der Waals surface area contributed by atoms with Crippen molar-refractivity contribution in [3.63, 3.8) is 0 Å². The number of ether oxygens (including phenoxy) is 4. The highest BCUT2D eigenvalue weighted by Crippen LogP contribution is 2.38. The molecule has 1 amide bonds. The largest absolute Gasteiger partial charge is 0.488 e. The Labute approximate surface area is 347 Å². The Bertz CT molecular complexity index is 1860. The Morgan fingerprint density at radius 2 is 1.14 bits per heavy atom. The number of aliphatic hydroxyl groups is 2. The van der Waals surface area contributed by atoms with Gasteiger partial charge in [0.2, 0.25) is 0 Å². The molecule has 2 heterocycles. The first-order chi connectivity index (χ1) is 27.2. The average Bonchev–Trinajstić information content (AvgIpc) is 3.89. The van der Waals surface area contributed by atoms with Crippen LogP contribution in [0.15, 0.2) is 97.1 Å². The summed E-state index contributed by atoms with van der Waals surface area (Å²) in [7, 11) is 0. The second-order valence-corrected chi connectivity index (χ2v) is 12.7. The van der Waals surface area contributed by atoms with Gasteiger partial charge in [0, 0.05) is 19.5 Å². The lowest BCUT2D eigenvalue weighted by atomic mass is 10.2. The number of rotatable bonds is 12. The Morgan fingerprint density at radius 1 is 0.672 bits per heavy atom. The van der Waals surface area contributed by atoms with Gasteiger partial charge in [0.25, 0.3) is 5.91 Å². The Morgan fingerprint density at radius 3 is 1.57 bits per heavy atom. The summed E-state index contributed by atoms with van der Waals surface area (Å²) in [4.78, 5) is 23.9. The van der Waals surface area contributed by atoms with Crippen LogP contribution in [0, 0.1) is 0 Å². The van der Waals surface area contributed by atoms with E-state index in [4.69, 9.17) is 34.3 Å². The third-order valence-electron chi connectivity index (χ3n) is 8.42. The quantitative estimate of drug-likeness (QED) is 0.0869. The number of halogens is 7. The van der Waals surface area contributed by atoms with Gasteiger partial charge in [-0.15, -0.1) is 24.0 Å². The zero-order chi connectivity index (χ0) is 41.4. The molecule has 0 aromatic heterocycles. The first kappa shape index (κ1) is 47.6. The monoisotopic (exact) mass is 936 g/mol. The number of hydrogen-bond donors (Lipinski definition) is 4. The summed E-state index contributed by atoms with van der Waals surface area (Å²) in [5.74, 6) is -0.595. The van der Waals surface area contributed by atoms with Crippen LogP contribution in [0.5, 0.6) is 23.0 Å². The van der Waals surface area contributed by atoms with E-state index in [1.165, 1.54) is 35.2 Å². The van der Waals surface area contributed by atoms with E-state index in [0.29, 0.717) is 31.0 Å². The molecule has 0 unspecified atom stereocenters. The minimum Gasteiger partial charge on any atom is -0.488 e. The van der Waals surface area contributed by atoms with Crippen LogP contribution in [0.3, 0.4) is 0 Å². The lowest BCUT2D eigenvalue weighted by molar-refractivity contribution is -0.140. The van der Waals surface area contributed by atoms with Crippen molar-refractivity contribution in [2.45, 2.75) is 50.6 Å². The van der Waals surface area contributed by atoms with Crippen molar-refractivity contribution >= 4 is 35.9 Å². The normalized spacial score (nSPS) is 16.1. The number of carbonyl (C=O) groups excluding carboxylic acids is 1. The molecular formula is C40H43F6IN2O9. The van der Waals surface area contributed by atoms with E-state index >= 15 is 0 Å². The molecule has 0 aliphatic carbocycles. The van der Waals surface area contributed by atoms with Crippen molar-refractivity contribution in [1.82, 2.24) is 10.2 Å². The maximum Gasteiger partial charge on any atom is 0.419 e. The Kier molecular flexibility index (Phi) is 18.8. The second-order valence-electron chi connectivity index (χ2n) is 12.7. The molecule has 2 atom stereocenters. The Hall–Kier alpha value is -4.79. The fourth-order valence-corrected chi connectivity index (χ4v) is 5.51. The average molecular weight is 937 g/mol. The Balaban J connectivity index is 0.000000254. The van der Waals surface area contributed by atoms with Crippen molar-refractivity contribution in [2.24, 2.45) is 0 Å². The summed E-state index contributed by atoms with van der Waals surface area (Å²) >= 11 is 0. The lowest BCUT2D eigenvalue weighted by Gasteiger charge is -2.19. The predicted octanol–water partition coefficient (Wildman–Crippen LogP) is 6.96. The number of hydrogen-bond acceptors (Lipinski definition) is 9. The van der Waals surface area contributed by atoms with Gasteiger partial charge in [0.1, 0.15) is 35.2 Å². The molecule has 6 rings (SSSR count). The maximum absolute atomic E-state index is 13.1. The third-order valence-corrected chi connectivity index (χ3v) is 8.42. The van der Waals surface area contributed by atoms with Crippen molar-refractivity contribution < 1.29 is 70.2 Å². The zero-order valence-corrected chi connectivity index (χ0v) is 33.2. The highest BCUT2D eigenvalue weighted by molar-refractivity contribution is 14.0. The van der Waals surface area contributed by atoms with Crippen LogP contribution in [-0.2, 0) is 35.2 Å². The molecule has 316 valence electrons. The van der Waals surface area contributed by atoms with Crippen LogP contribution in [0.4, 0.5) is 26.3 Å². The number of carbonyl (C=O) groups is 2. The predicted molar refractivity (Wildman–Crippen MR) is 209 cm³/mol. The molecule has 4 aromatic rings. The summed E-state index contributed by atoms with van der Waals surface area (Å²) in [6, 6.07) is 23.7. The number of nitrogens with zero attached hydrogens (tertiary/aromatic N) is 1. The topological polar surface area (TPSA) is 147 Å². The second kappa shape index (κ2) is 23.0. The van der Waals surface area contributed by atoms with Crippen LogP contribution < -0.4 is 24.3 Å². The van der Waals surface area contributed by atoms with Gasteiger partial charge in [-0.05, 0) is 72.6 Å². The van der Waals surface area contributed by atoms with E-state index < -0.39 is 35.6 Å². The van der Waals surface area contributed by atoms with Crippen molar-refractivity contribution in [3.8, 4) is 23.0 Å². The summed E-state index contributed by atoms with van der Waals surface area (Å²) in [6.07, 6.45) is -8.33. The van der Waals surface area contributed by atoms with Crippen LogP contribution in [-0.4, -0.2) is 83.7 Å². The van der Waals surface area contributed by atoms with E-state index in [0.717, 1.165) is 36.2 Å². The van der Waals surface area contributed by atoms with Gasteiger partial charge in [0.15, 0.2) is 13.2 Å². The van der Waals surface area contributed by atoms with E-state index in [1.807, 2.05) is 0 Å². The molecule has 2 fully saturated rings. The number of nitrogens with one attached hydrogen (secondary N) is 1. The number of benzene rings is 4. The number of para-hydroxylation sites is 2. The molecule has 0 radical (unpaired) electrons. The molecule has 11 nitrogen and oxygen atoms in total. The molecule has 2 aliphatic rings. The van der Waals surface area contributed by atoms with Gasteiger partial charge >= 0.3 is 18.3 Å². The van der Waals surface area contributed by atoms with Gasteiger partial charge in [0.05, 0.1) is 30.9 Å². The van der Waals surface area contributed by atoms with E-state index in [-0.39, 0.29) is 80.5 Å². The number of aliphatic hydroxyl groups excluding tert-OH is 2. The van der Waals surface area contributed by atoms with Crippen molar-refractivity contribution in [1.29, 1.82) is 0 Å². The van der Waals surface area contributed by atoms with Gasteiger partial charge in [-0.3, -0.25) is 4.79 Å². The highest BCUT2D eigenvalue weighted by atomic mass is 127. The van der Waals surface area contributed by atoms with Gasteiger partial charge in [-0.1, -0.05) is 48.5 Å². The number of aliphatic carboxylic acids is 1. The number of alkyl halides is 6. The van der Waals surface area contributed by atoms with Gasteiger partial charge in [-0.25, -0.2) is 4.79 Å². The molecule has 58 heavy (non-hydrogen) atoms. The SMILES string of the molecule is FC(F)(F)c1ccccc1O[C@H]1CCNC1.I.O=C(COc1ccc(CO)cc1)N1CC[C@H](Oc2ccccc2C(F)(F)F)C1.O=C(O)COc1ccc(CO)cc1.